The maximum atomic E-state index is 13.2. The summed E-state index contributed by atoms with van der Waals surface area (Å²) in [4.78, 5) is 41.3. The van der Waals surface area contributed by atoms with Gasteiger partial charge in [-0.2, -0.15) is 0 Å². The van der Waals surface area contributed by atoms with Crippen molar-refractivity contribution in [2.24, 2.45) is 0 Å². The van der Waals surface area contributed by atoms with E-state index in [9.17, 15) is 22.8 Å². The van der Waals surface area contributed by atoms with Crippen LogP contribution >= 0.6 is 0 Å². The van der Waals surface area contributed by atoms with Gasteiger partial charge >= 0.3 is 6.09 Å². The Morgan fingerprint density at radius 1 is 0.944 bits per heavy atom. The average Bonchev–Trinajstić information content (AvgIpc) is 2.89. The molecule has 0 aromatic heterocycles. The first kappa shape index (κ1) is 27.2. The second kappa shape index (κ2) is 12.5. The highest BCUT2D eigenvalue weighted by molar-refractivity contribution is 7.89. The number of para-hydroxylation sites is 1. The van der Waals surface area contributed by atoms with Gasteiger partial charge in [-0.1, -0.05) is 31.5 Å². The Bertz CT molecular complexity index is 1190. The number of hydrogen-bond donors (Lipinski definition) is 2. The maximum absolute atomic E-state index is 13.2. The number of amides is 3. The Morgan fingerprint density at radius 3 is 2.33 bits per heavy atom. The molecule has 1 heterocycles. The van der Waals surface area contributed by atoms with E-state index in [0.717, 1.165) is 6.42 Å². The number of benzene rings is 2. The normalized spacial score (nSPS) is 13.8. The molecule has 0 radical (unpaired) electrons. The molecule has 1 aliphatic rings. The van der Waals surface area contributed by atoms with Crippen LogP contribution in [0.1, 0.15) is 47.4 Å². The van der Waals surface area contributed by atoms with Crippen LogP contribution in [-0.4, -0.2) is 75.5 Å². The van der Waals surface area contributed by atoms with E-state index in [-0.39, 0.29) is 23.0 Å². The molecule has 1 saturated heterocycles. The van der Waals surface area contributed by atoms with Gasteiger partial charge in [-0.15, -0.1) is 0 Å². The summed E-state index contributed by atoms with van der Waals surface area (Å²) in [6.45, 7) is 5.69. The quantitative estimate of drug-likeness (QED) is 0.494. The first-order chi connectivity index (χ1) is 17.3. The molecule has 2 aromatic rings. The van der Waals surface area contributed by atoms with Crippen LogP contribution in [0.4, 0.5) is 10.5 Å². The van der Waals surface area contributed by atoms with Crippen LogP contribution in [-0.2, 0) is 14.8 Å². The van der Waals surface area contributed by atoms with Crippen molar-refractivity contribution >= 4 is 33.6 Å². The van der Waals surface area contributed by atoms with E-state index in [1.165, 1.54) is 24.3 Å². The summed E-state index contributed by atoms with van der Waals surface area (Å²) < 4.78 is 32.6. The topological polar surface area (TPSA) is 125 Å². The third kappa shape index (κ3) is 6.82. The lowest BCUT2D eigenvalue weighted by molar-refractivity contribution is 0.0571. The summed E-state index contributed by atoms with van der Waals surface area (Å²) in [6, 6.07) is 12.4. The molecule has 0 bridgehead atoms. The van der Waals surface area contributed by atoms with E-state index < -0.39 is 22.0 Å². The first-order valence-electron chi connectivity index (χ1n) is 12.0. The monoisotopic (exact) mass is 516 g/mol. The largest absolute Gasteiger partial charge is 0.450 e. The smallest absolute Gasteiger partial charge is 0.409 e. The van der Waals surface area contributed by atoms with Crippen molar-refractivity contribution in [2.45, 2.75) is 31.6 Å². The molecule has 1 aliphatic heterocycles. The number of carbonyl (C=O) groups excluding carboxylic acids is 3. The van der Waals surface area contributed by atoms with Crippen molar-refractivity contribution in [2.75, 3.05) is 44.6 Å². The van der Waals surface area contributed by atoms with Gasteiger partial charge < -0.3 is 19.9 Å². The number of hydrogen-bond acceptors (Lipinski definition) is 6. The molecule has 36 heavy (non-hydrogen) atoms. The molecular weight excluding hydrogens is 484 g/mol. The summed E-state index contributed by atoms with van der Waals surface area (Å²) in [5, 5.41) is 2.74. The van der Waals surface area contributed by atoms with E-state index >= 15 is 0 Å². The number of sulfonamides is 1. The highest BCUT2D eigenvalue weighted by Gasteiger charge is 2.27. The van der Waals surface area contributed by atoms with Gasteiger partial charge in [-0.3, -0.25) is 9.59 Å². The molecule has 11 heteroatoms. The summed E-state index contributed by atoms with van der Waals surface area (Å²) >= 11 is 0. The predicted molar refractivity (Wildman–Crippen MR) is 135 cm³/mol. The summed E-state index contributed by atoms with van der Waals surface area (Å²) in [5.41, 5.74) is 0.772. The molecule has 194 valence electrons. The van der Waals surface area contributed by atoms with Gasteiger partial charge in [-0.25, -0.2) is 17.9 Å². The zero-order valence-electron chi connectivity index (χ0n) is 20.5. The molecule has 1 fully saturated rings. The van der Waals surface area contributed by atoms with Crippen LogP contribution in [0, 0.1) is 0 Å². The highest BCUT2D eigenvalue weighted by Crippen LogP contribution is 2.20. The van der Waals surface area contributed by atoms with Gasteiger partial charge in [0.1, 0.15) is 0 Å². The number of ether oxygens (including phenoxy) is 1. The van der Waals surface area contributed by atoms with E-state index in [2.05, 4.69) is 10.0 Å². The zero-order valence-corrected chi connectivity index (χ0v) is 21.3. The highest BCUT2D eigenvalue weighted by atomic mass is 32.2. The van der Waals surface area contributed by atoms with Crippen LogP contribution in [0.3, 0.4) is 0 Å². The lowest BCUT2D eigenvalue weighted by atomic mass is 10.1. The summed E-state index contributed by atoms with van der Waals surface area (Å²) in [5.74, 6) is -0.807. The third-order valence-electron chi connectivity index (χ3n) is 5.73. The van der Waals surface area contributed by atoms with Gasteiger partial charge in [0, 0.05) is 38.3 Å². The third-order valence-corrected chi connectivity index (χ3v) is 7.19. The number of unbranched alkanes of at least 4 members (excludes halogenated alkanes) is 1. The molecule has 3 rings (SSSR count). The fourth-order valence-electron chi connectivity index (χ4n) is 3.72. The van der Waals surface area contributed by atoms with Gasteiger partial charge in [0.15, 0.2) is 0 Å². The molecule has 0 unspecified atom stereocenters. The van der Waals surface area contributed by atoms with E-state index in [1.807, 2.05) is 6.92 Å². The van der Waals surface area contributed by atoms with Crippen LogP contribution in [0.5, 0.6) is 0 Å². The van der Waals surface area contributed by atoms with Crippen molar-refractivity contribution in [3.05, 3.63) is 59.7 Å². The first-order valence-corrected chi connectivity index (χ1v) is 13.5. The molecule has 10 nitrogen and oxygen atoms in total. The molecule has 0 aliphatic carbocycles. The second-order valence-electron chi connectivity index (χ2n) is 8.26. The van der Waals surface area contributed by atoms with Crippen molar-refractivity contribution in [1.82, 2.24) is 14.5 Å². The Hall–Kier alpha value is -3.44. The van der Waals surface area contributed by atoms with E-state index in [0.29, 0.717) is 50.4 Å². The Balaban J connectivity index is 1.71. The van der Waals surface area contributed by atoms with Gasteiger partial charge in [-0.05, 0) is 43.7 Å². The Labute approximate surface area is 211 Å². The number of piperazine rings is 1. The number of nitrogens with zero attached hydrogens (tertiary/aromatic N) is 2. The van der Waals surface area contributed by atoms with Gasteiger partial charge in [0.25, 0.3) is 11.8 Å². The van der Waals surface area contributed by atoms with Crippen LogP contribution < -0.4 is 10.0 Å². The molecule has 0 saturated carbocycles. The Kier molecular flexibility index (Phi) is 9.43. The summed E-state index contributed by atoms with van der Waals surface area (Å²) in [6.07, 6.45) is 1.16. The minimum atomic E-state index is -3.74. The maximum Gasteiger partial charge on any atom is 0.409 e. The van der Waals surface area contributed by atoms with Gasteiger partial charge in [0.2, 0.25) is 10.0 Å². The van der Waals surface area contributed by atoms with Crippen molar-refractivity contribution in [3.8, 4) is 0 Å². The van der Waals surface area contributed by atoms with Crippen LogP contribution in [0.15, 0.2) is 53.4 Å². The number of carbonyl (C=O) groups is 3. The van der Waals surface area contributed by atoms with Crippen molar-refractivity contribution < 1.29 is 27.5 Å². The number of nitrogens with one attached hydrogen (secondary N) is 2. The van der Waals surface area contributed by atoms with E-state index in [1.54, 1.807) is 41.0 Å². The molecule has 0 spiro atoms. The number of anilines is 1. The fourth-order valence-corrected chi connectivity index (χ4v) is 4.84. The standard InChI is InChI=1S/C25H32N4O6S/c1-3-5-13-26-36(33,34)20-10-8-9-19(18-20)23(30)27-22-12-7-6-11-21(22)24(31)28-14-16-29(17-15-28)25(32)35-4-2/h6-12,18,26H,3-5,13-17H2,1-2H3,(H,27,30). The van der Waals surface area contributed by atoms with Crippen molar-refractivity contribution in [3.63, 3.8) is 0 Å². The van der Waals surface area contributed by atoms with E-state index in [4.69, 9.17) is 4.74 Å². The molecule has 0 atom stereocenters. The average molecular weight is 517 g/mol. The molecule has 3 amide bonds. The lowest BCUT2D eigenvalue weighted by Gasteiger charge is -2.34. The number of rotatable bonds is 9. The second-order valence-corrected chi connectivity index (χ2v) is 10.0. The molecule has 2 aromatic carbocycles. The lowest BCUT2D eigenvalue weighted by Crippen LogP contribution is -2.50. The SMILES string of the molecule is CCCCNS(=O)(=O)c1cccc(C(=O)Nc2ccccc2C(=O)N2CCN(C(=O)OCC)CC2)c1. The minimum absolute atomic E-state index is 0.00455. The molecule has 2 N–H and O–H groups in total. The Morgan fingerprint density at radius 2 is 1.64 bits per heavy atom. The summed E-state index contributed by atoms with van der Waals surface area (Å²) in [7, 11) is -3.74. The fraction of sp³-hybridized carbons (Fsp3) is 0.400. The van der Waals surface area contributed by atoms with Crippen LogP contribution in [0.25, 0.3) is 0 Å². The molecular formula is C25H32N4O6S. The van der Waals surface area contributed by atoms with Crippen molar-refractivity contribution in [1.29, 1.82) is 0 Å². The minimum Gasteiger partial charge on any atom is -0.450 e. The van der Waals surface area contributed by atoms with Crippen LogP contribution in [0.2, 0.25) is 0 Å². The zero-order chi connectivity index (χ0) is 26.1. The van der Waals surface area contributed by atoms with Gasteiger partial charge in [0.05, 0.1) is 22.8 Å². The predicted octanol–water partition coefficient (Wildman–Crippen LogP) is 2.93.